The van der Waals surface area contributed by atoms with Crippen LogP contribution in [-0.2, 0) is 4.74 Å². The van der Waals surface area contributed by atoms with Crippen molar-refractivity contribution in [3.8, 4) is 0 Å². The van der Waals surface area contributed by atoms with Crippen LogP contribution in [0.4, 0.5) is 0 Å². The van der Waals surface area contributed by atoms with Gasteiger partial charge in [0.15, 0.2) is 0 Å². The number of nitrogens with two attached hydrogens (primary N) is 1. The number of hydrogen-bond acceptors (Lipinski definition) is 3. The van der Waals surface area contributed by atoms with E-state index in [1.165, 1.54) is 9.13 Å². The van der Waals surface area contributed by atoms with Crippen LogP contribution in [-0.4, -0.2) is 13.2 Å². The fraction of sp³-hybridized carbons (Fsp3) is 0.500. The molecular weight excluding hydrogens is 315 g/mol. The molecule has 1 aromatic rings. The van der Waals surface area contributed by atoms with Crippen LogP contribution >= 0.6 is 22.6 Å². The predicted octanol–water partition coefficient (Wildman–Crippen LogP) is 2.22. The van der Waals surface area contributed by atoms with E-state index in [-0.39, 0.29) is 6.04 Å². The number of halogens is 1. The highest BCUT2D eigenvalue weighted by Gasteiger charge is 2.25. The van der Waals surface area contributed by atoms with Crippen molar-refractivity contribution in [2.75, 3.05) is 13.2 Å². The Bertz CT molecular complexity index is 340. The van der Waals surface area contributed by atoms with E-state index in [9.17, 15) is 0 Å². The Hall–Kier alpha value is -0.170. The molecule has 88 valence electrons. The standard InChI is InChI=1S/C12H17IN2O/c13-11-4-2-1-3-10(11)12(15-14)9-5-7-16-8-6-9/h1-4,9,12,15H,5-8,14H2. The monoisotopic (exact) mass is 332 g/mol. The molecule has 1 aromatic carbocycles. The lowest BCUT2D eigenvalue weighted by atomic mass is 9.87. The predicted molar refractivity (Wildman–Crippen MR) is 72.8 cm³/mol. The van der Waals surface area contributed by atoms with Crippen molar-refractivity contribution in [3.05, 3.63) is 33.4 Å². The highest BCUT2D eigenvalue weighted by molar-refractivity contribution is 14.1. The third kappa shape index (κ3) is 2.74. The Morgan fingerprint density at radius 3 is 2.62 bits per heavy atom. The summed E-state index contributed by atoms with van der Waals surface area (Å²) in [7, 11) is 0. The topological polar surface area (TPSA) is 47.3 Å². The summed E-state index contributed by atoms with van der Waals surface area (Å²) in [5.41, 5.74) is 4.27. The van der Waals surface area contributed by atoms with Gasteiger partial charge in [-0.05, 0) is 53.0 Å². The van der Waals surface area contributed by atoms with Gasteiger partial charge in [0.25, 0.3) is 0 Å². The first kappa shape index (κ1) is 12.3. The smallest absolute Gasteiger partial charge is 0.0500 e. The van der Waals surface area contributed by atoms with Crippen molar-refractivity contribution in [2.24, 2.45) is 11.8 Å². The maximum Gasteiger partial charge on any atom is 0.0500 e. The molecule has 16 heavy (non-hydrogen) atoms. The first-order valence-electron chi connectivity index (χ1n) is 5.61. The summed E-state index contributed by atoms with van der Waals surface area (Å²) in [4.78, 5) is 0. The van der Waals surface area contributed by atoms with Gasteiger partial charge in [0.1, 0.15) is 0 Å². The van der Waals surface area contributed by atoms with Crippen LogP contribution in [0.15, 0.2) is 24.3 Å². The minimum Gasteiger partial charge on any atom is -0.381 e. The Morgan fingerprint density at radius 2 is 2.00 bits per heavy atom. The van der Waals surface area contributed by atoms with Crippen molar-refractivity contribution < 1.29 is 4.74 Å². The zero-order valence-electron chi connectivity index (χ0n) is 9.16. The summed E-state index contributed by atoms with van der Waals surface area (Å²) in [6.45, 7) is 1.71. The van der Waals surface area contributed by atoms with Gasteiger partial charge in [-0.2, -0.15) is 0 Å². The lowest BCUT2D eigenvalue weighted by molar-refractivity contribution is 0.0535. The van der Waals surface area contributed by atoms with Crippen LogP contribution in [0.5, 0.6) is 0 Å². The lowest BCUT2D eigenvalue weighted by Gasteiger charge is -2.30. The minimum atomic E-state index is 0.247. The van der Waals surface area contributed by atoms with Gasteiger partial charge in [-0.25, -0.2) is 0 Å². The summed E-state index contributed by atoms with van der Waals surface area (Å²) in [6, 6.07) is 8.66. The Labute approximate surface area is 110 Å². The molecule has 0 spiro atoms. The minimum absolute atomic E-state index is 0.247. The molecule has 0 bridgehead atoms. The van der Waals surface area contributed by atoms with Crippen molar-refractivity contribution in [1.82, 2.24) is 5.43 Å². The number of benzene rings is 1. The number of hydrogen-bond donors (Lipinski definition) is 2. The second kappa shape index (κ2) is 5.95. The molecule has 1 saturated heterocycles. The van der Waals surface area contributed by atoms with E-state index in [0.29, 0.717) is 5.92 Å². The molecule has 0 aliphatic carbocycles. The molecule has 4 heteroatoms. The molecule has 2 rings (SSSR count). The van der Waals surface area contributed by atoms with Crippen LogP contribution in [0.2, 0.25) is 0 Å². The maximum atomic E-state index is 5.71. The number of rotatable bonds is 3. The number of hydrazine groups is 1. The largest absolute Gasteiger partial charge is 0.381 e. The van der Waals surface area contributed by atoms with Gasteiger partial charge in [0, 0.05) is 22.8 Å². The fourth-order valence-electron chi connectivity index (χ4n) is 2.26. The number of ether oxygens (including phenoxy) is 1. The SMILES string of the molecule is NNC(c1ccccc1I)C1CCOCC1. The molecule has 3 nitrogen and oxygen atoms in total. The molecule has 1 fully saturated rings. The van der Waals surface area contributed by atoms with Gasteiger partial charge in [0.2, 0.25) is 0 Å². The van der Waals surface area contributed by atoms with E-state index in [0.717, 1.165) is 26.1 Å². The molecule has 0 aromatic heterocycles. The lowest BCUT2D eigenvalue weighted by Crippen LogP contribution is -2.36. The average Bonchev–Trinajstić information content (AvgIpc) is 2.34. The third-order valence-electron chi connectivity index (χ3n) is 3.16. The van der Waals surface area contributed by atoms with Gasteiger partial charge in [-0.3, -0.25) is 11.3 Å². The Kier molecular flexibility index (Phi) is 4.57. The van der Waals surface area contributed by atoms with E-state index in [4.69, 9.17) is 10.6 Å². The zero-order valence-corrected chi connectivity index (χ0v) is 11.3. The molecule has 1 aliphatic rings. The molecule has 0 radical (unpaired) electrons. The van der Waals surface area contributed by atoms with Gasteiger partial charge >= 0.3 is 0 Å². The second-order valence-corrected chi connectivity index (χ2v) is 5.28. The van der Waals surface area contributed by atoms with E-state index < -0.39 is 0 Å². The first-order valence-corrected chi connectivity index (χ1v) is 6.69. The zero-order chi connectivity index (χ0) is 11.4. The molecular formula is C12H17IN2O. The summed E-state index contributed by atoms with van der Waals surface area (Å²) in [5.74, 6) is 6.29. The molecule has 1 aliphatic heterocycles. The van der Waals surface area contributed by atoms with Gasteiger partial charge in [0.05, 0.1) is 0 Å². The van der Waals surface area contributed by atoms with Crippen molar-refractivity contribution in [1.29, 1.82) is 0 Å². The molecule has 0 saturated carbocycles. The number of nitrogens with one attached hydrogen (secondary N) is 1. The first-order chi connectivity index (χ1) is 7.83. The normalized spacial score (nSPS) is 19.6. The Morgan fingerprint density at radius 1 is 1.31 bits per heavy atom. The Balaban J connectivity index is 2.18. The summed E-state index contributed by atoms with van der Waals surface area (Å²) < 4.78 is 6.66. The van der Waals surface area contributed by atoms with Gasteiger partial charge < -0.3 is 4.74 Å². The van der Waals surface area contributed by atoms with Crippen LogP contribution in [0.1, 0.15) is 24.4 Å². The van der Waals surface area contributed by atoms with E-state index in [1.807, 2.05) is 0 Å². The van der Waals surface area contributed by atoms with Crippen molar-refractivity contribution >= 4 is 22.6 Å². The van der Waals surface area contributed by atoms with Crippen molar-refractivity contribution in [2.45, 2.75) is 18.9 Å². The summed E-state index contributed by atoms with van der Waals surface area (Å²) >= 11 is 2.37. The van der Waals surface area contributed by atoms with E-state index >= 15 is 0 Å². The molecule has 3 N–H and O–H groups in total. The summed E-state index contributed by atoms with van der Waals surface area (Å²) in [5, 5.41) is 0. The van der Waals surface area contributed by atoms with Crippen LogP contribution in [0, 0.1) is 9.49 Å². The van der Waals surface area contributed by atoms with Crippen LogP contribution < -0.4 is 11.3 Å². The average molecular weight is 332 g/mol. The third-order valence-corrected chi connectivity index (χ3v) is 4.14. The quantitative estimate of drug-likeness (QED) is 0.507. The maximum absolute atomic E-state index is 5.71. The fourth-order valence-corrected chi connectivity index (χ4v) is 2.98. The molecule has 1 unspecified atom stereocenters. The molecule has 1 atom stereocenters. The van der Waals surface area contributed by atoms with Gasteiger partial charge in [-0.1, -0.05) is 18.2 Å². The summed E-state index contributed by atoms with van der Waals surface area (Å²) in [6.07, 6.45) is 2.17. The highest BCUT2D eigenvalue weighted by atomic mass is 127. The van der Waals surface area contributed by atoms with Crippen molar-refractivity contribution in [3.63, 3.8) is 0 Å². The van der Waals surface area contributed by atoms with Crippen LogP contribution in [0.25, 0.3) is 0 Å². The molecule has 0 amide bonds. The highest BCUT2D eigenvalue weighted by Crippen LogP contribution is 2.31. The molecule has 1 heterocycles. The second-order valence-electron chi connectivity index (χ2n) is 4.12. The van der Waals surface area contributed by atoms with Crippen LogP contribution in [0.3, 0.4) is 0 Å². The van der Waals surface area contributed by atoms with E-state index in [1.54, 1.807) is 0 Å². The van der Waals surface area contributed by atoms with Gasteiger partial charge in [-0.15, -0.1) is 0 Å². The van der Waals surface area contributed by atoms with E-state index in [2.05, 4.69) is 52.3 Å².